The number of hydrogen-bond donors (Lipinski definition) is 1. The van der Waals surface area contributed by atoms with Gasteiger partial charge in [0.05, 0.1) is 19.1 Å². The van der Waals surface area contributed by atoms with Crippen LogP contribution in [0.2, 0.25) is 0 Å². The number of nitrogens with zero attached hydrogens (tertiary/aromatic N) is 2. The second-order valence-electron chi connectivity index (χ2n) is 12.9. The Hall–Kier alpha value is -3.85. The van der Waals surface area contributed by atoms with Crippen molar-refractivity contribution in [3.8, 4) is 11.1 Å². The molecule has 7 nitrogen and oxygen atoms in total. The van der Waals surface area contributed by atoms with Crippen LogP contribution in [-0.4, -0.2) is 48.6 Å². The van der Waals surface area contributed by atoms with E-state index in [0.717, 1.165) is 23.2 Å². The van der Waals surface area contributed by atoms with Crippen LogP contribution in [-0.2, 0) is 20.7 Å². The molecule has 1 amide bonds. The van der Waals surface area contributed by atoms with Crippen molar-refractivity contribution in [1.82, 2.24) is 14.8 Å². The molecule has 1 unspecified atom stereocenters. The van der Waals surface area contributed by atoms with E-state index >= 15 is 4.39 Å². The third-order valence-electron chi connectivity index (χ3n) is 8.32. The molecule has 250 valence electrons. The average Bonchev–Trinajstić information content (AvgIpc) is 2.94. The molecule has 2 atom stereocenters. The molecule has 0 bridgehead atoms. The van der Waals surface area contributed by atoms with Gasteiger partial charge in [0, 0.05) is 24.4 Å². The fraction of sp³-hybridized carbons (Fsp3) is 0.486. The summed E-state index contributed by atoms with van der Waals surface area (Å²) in [4.78, 5) is 42.4. The molecule has 0 aliphatic heterocycles. The number of amides is 1. The van der Waals surface area contributed by atoms with Crippen molar-refractivity contribution in [3.63, 3.8) is 0 Å². The molecule has 3 aromatic rings. The summed E-state index contributed by atoms with van der Waals surface area (Å²) in [7, 11) is 3.95. The number of rotatable bonds is 14. The second-order valence-corrected chi connectivity index (χ2v) is 12.9. The van der Waals surface area contributed by atoms with Gasteiger partial charge in [-0.3, -0.25) is 14.4 Å². The summed E-state index contributed by atoms with van der Waals surface area (Å²) in [6.45, 7) is 13.7. The minimum atomic E-state index is -1.08. The summed E-state index contributed by atoms with van der Waals surface area (Å²) in [6.07, 6.45) is 3.19. The number of aryl methyl sites for hydroxylation is 4. The number of aromatic nitrogens is 1. The van der Waals surface area contributed by atoms with Crippen LogP contribution >= 0.6 is 0 Å². The topological polar surface area (TPSA) is 80.6 Å². The molecule has 0 spiro atoms. The molecule has 0 radical (unpaired) electrons. The lowest BCUT2D eigenvalue weighted by Gasteiger charge is -2.26. The number of nitrogens with one attached hydrogen (secondary N) is 1. The summed E-state index contributed by atoms with van der Waals surface area (Å²) >= 11 is 0. The molecule has 0 saturated heterocycles. The van der Waals surface area contributed by atoms with E-state index in [2.05, 4.69) is 10.2 Å². The maximum Gasteiger partial charge on any atom is 0.308 e. The van der Waals surface area contributed by atoms with Gasteiger partial charge in [-0.15, -0.1) is 0 Å². The van der Waals surface area contributed by atoms with E-state index in [9.17, 15) is 18.8 Å². The smallest absolute Gasteiger partial charge is 0.308 e. The number of carbonyl (C=O) groups excluding carboxylic acids is 2. The first-order chi connectivity index (χ1) is 21.6. The van der Waals surface area contributed by atoms with Crippen LogP contribution in [0.3, 0.4) is 0 Å². The average molecular weight is 638 g/mol. The van der Waals surface area contributed by atoms with Crippen LogP contribution in [0, 0.1) is 45.2 Å². The largest absolute Gasteiger partial charge is 0.466 e. The van der Waals surface area contributed by atoms with Crippen molar-refractivity contribution in [2.24, 2.45) is 5.92 Å². The lowest BCUT2D eigenvalue weighted by Crippen LogP contribution is -2.40. The van der Waals surface area contributed by atoms with E-state index in [-0.39, 0.29) is 35.9 Å². The van der Waals surface area contributed by atoms with Gasteiger partial charge < -0.3 is 19.5 Å². The highest BCUT2D eigenvalue weighted by atomic mass is 19.1. The molecule has 3 rings (SSSR count). The second kappa shape index (κ2) is 16.1. The number of pyridine rings is 1. The van der Waals surface area contributed by atoms with Crippen molar-refractivity contribution in [3.05, 3.63) is 91.9 Å². The summed E-state index contributed by atoms with van der Waals surface area (Å²) in [5, 5.41) is 2.93. The quantitative estimate of drug-likeness (QED) is 0.194. The van der Waals surface area contributed by atoms with Crippen molar-refractivity contribution in [2.75, 3.05) is 27.2 Å². The minimum absolute atomic E-state index is 0.116. The Bertz CT molecular complexity index is 1590. The zero-order valence-corrected chi connectivity index (χ0v) is 28.7. The molecular formula is C37H49F2N3O4. The Balaban J connectivity index is 2.13. The maximum absolute atomic E-state index is 16.0. The van der Waals surface area contributed by atoms with Crippen molar-refractivity contribution in [1.29, 1.82) is 0 Å². The Kier molecular flexibility index (Phi) is 12.8. The predicted octanol–water partition coefficient (Wildman–Crippen LogP) is 6.92. The lowest BCUT2D eigenvalue weighted by atomic mass is 9.90. The van der Waals surface area contributed by atoms with Gasteiger partial charge in [-0.25, -0.2) is 8.78 Å². The van der Waals surface area contributed by atoms with E-state index in [4.69, 9.17) is 4.74 Å². The van der Waals surface area contributed by atoms with Crippen LogP contribution in [0.4, 0.5) is 8.78 Å². The molecule has 0 saturated carbocycles. The van der Waals surface area contributed by atoms with E-state index in [1.165, 1.54) is 16.7 Å². The highest BCUT2D eigenvalue weighted by Crippen LogP contribution is 2.34. The highest BCUT2D eigenvalue weighted by Gasteiger charge is 2.29. The summed E-state index contributed by atoms with van der Waals surface area (Å²) in [5.41, 5.74) is 4.69. The number of esters is 1. The molecule has 0 aliphatic rings. The summed E-state index contributed by atoms with van der Waals surface area (Å²) in [5.74, 6) is -1.75. The zero-order valence-electron chi connectivity index (χ0n) is 28.7. The van der Waals surface area contributed by atoms with Gasteiger partial charge in [-0.1, -0.05) is 13.8 Å². The number of hydrogen-bond acceptors (Lipinski definition) is 5. The molecule has 0 aliphatic carbocycles. The first-order valence-corrected chi connectivity index (χ1v) is 16.0. The van der Waals surface area contributed by atoms with Gasteiger partial charge in [-0.05, 0) is 137 Å². The summed E-state index contributed by atoms with van der Waals surface area (Å²) in [6, 6.07) is 5.72. The molecule has 1 heterocycles. The molecule has 1 N–H and O–H groups in total. The van der Waals surface area contributed by atoms with Crippen LogP contribution < -0.4 is 10.9 Å². The number of halogens is 2. The molecule has 2 aromatic carbocycles. The standard InChI is InChI=1S/C37H49F2N3O4/c1-10-46-34(44)20-31(30-19-28(15-26(7)36(30)39)35-24(5)16-29(38)17-25(35)6)40-37(45)32(12-11-22(2)3)42-21-27(13-14-41(8)9)23(4)18-33(42)43/h15-19,21-22,31-32H,10-14,20H2,1-9H3,(H,40,45)/t31-,32?/m0/s1. The van der Waals surface area contributed by atoms with E-state index in [1.807, 2.05) is 34.9 Å². The fourth-order valence-electron chi connectivity index (χ4n) is 5.88. The zero-order chi connectivity index (χ0) is 34.3. The predicted molar refractivity (Wildman–Crippen MR) is 179 cm³/mol. The molecule has 1 aromatic heterocycles. The van der Waals surface area contributed by atoms with E-state index in [0.29, 0.717) is 41.5 Å². The molecule has 0 fully saturated rings. The molecule has 9 heteroatoms. The Morgan fingerprint density at radius 3 is 2.17 bits per heavy atom. The van der Waals surface area contributed by atoms with Crippen molar-refractivity contribution < 1.29 is 23.1 Å². The number of likely N-dealkylation sites (N-methyl/N-ethyl adjacent to an activating group) is 1. The highest BCUT2D eigenvalue weighted by molar-refractivity contribution is 5.82. The molecule has 46 heavy (non-hydrogen) atoms. The maximum atomic E-state index is 16.0. The van der Waals surface area contributed by atoms with Gasteiger partial charge >= 0.3 is 5.97 Å². The molecular weight excluding hydrogens is 588 g/mol. The third kappa shape index (κ3) is 9.34. The third-order valence-corrected chi connectivity index (χ3v) is 8.32. The van der Waals surface area contributed by atoms with Crippen LogP contribution in [0.25, 0.3) is 11.1 Å². The number of benzene rings is 2. The Morgan fingerprint density at radius 1 is 0.935 bits per heavy atom. The first-order valence-electron chi connectivity index (χ1n) is 16.0. The SMILES string of the molecule is CCOC(=O)C[C@H](NC(=O)C(CCC(C)C)n1cc(CCN(C)C)c(C)cc1=O)c1cc(-c2c(C)cc(F)cc2C)cc(C)c1F. The van der Waals surface area contributed by atoms with Crippen LogP contribution in [0.15, 0.2) is 41.3 Å². The normalized spacial score (nSPS) is 12.8. The monoisotopic (exact) mass is 637 g/mol. The van der Waals surface area contributed by atoms with Gasteiger partial charge in [0.15, 0.2) is 0 Å². The summed E-state index contributed by atoms with van der Waals surface area (Å²) < 4.78 is 36.8. The van der Waals surface area contributed by atoms with Crippen molar-refractivity contribution in [2.45, 2.75) is 86.2 Å². The minimum Gasteiger partial charge on any atom is -0.466 e. The van der Waals surface area contributed by atoms with Crippen LogP contribution in [0.1, 0.15) is 85.5 Å². The number of ether oxygens (including phenoxy) is 1. The van der Waals surface area contributed by atoms with Crippen LogP contribution in [0.5, 0.6) is 0 Å². The van der Waals surface area contributed by atoms with Gasteiger partial charge in [0.1, 0.15) is 17.7 Å². The Morgan fingerprint density at radius 2 is 1.59 bits per heavy atom. The first kappa shape index (κ1) is 36.6. The van der Waals surface area contributed by atoms with Crippen molar-refractivity contribution >= 4 is 11.9 Å². The fourth-order valence-corrected chi connectivity index (χ4v) is 5.88. The van der Waals surface area contributed by atoms with Gasteiger partial charge in [-0.2, -0.15) is 0 Å². The van der Waals surface area contributed by atoms with E-state index < -0.39 is 29.8 Å². The number of carbonyl (C=O) groups is 2. The van der Waals surface area contributed by atoms with Gasteiger partial charge in [0.25, 0.3) is 5.56 Å². The lowest BCUT2D eigenvalue weighted by molar-refractivity contribution is -0.144. The Labute approximate surface area is 272 Å². The van der Waals surface area contributed by atoms with Gasteiger partial charge in [0.2, 0.25) is 5.91 Å². The van der Waals surface area contributed by atoms with E-state index in [1.54, 1.807) is 52.1 Å².